The van der Waals surface area contributed by atoms with Crippen molar-refractivity contribution < 1.29 is 4.79 Å². The molecule has 1 aromatic rings. The largest absolute Gasteiger partial charge is 0.326 e. The minimum Gasteiger partial charge on any atom is -0.326 e. The smallest absolute Gasteiger partial charge is 0.229 e. The maximum absolute atomic E-state index is 12.2. The molecule has 0 spiro atoms. The van der Waals surface area contributed by atoms with Gasteiger partial charge in [-0.25, -0.2) is 0 Å². The Bertz CT molecular complexity index is 445. The Balaban J connectivity index is 2.02. The van der Waals surface area contributed by atoms with Gasteiger partial charge in [-0.15, -0.1) is 0 Å². The molecule has 0 aliphatic carbocycles. The van der Waals surface area contributed by atoms with E-state index in [-0.39, 0.29) is 17.2 Å². The molecule has 0 radical (unpaired) electrons. The molecule has 1 amide bonds. The number of rotatable bonds is 2. The summed E-state index contributed by atoms with van der Waals surface area (Å²) >= 11 is 0. The van der Waals surface area contributed by atoms with Crippen molar-refractivity contribution in [3.8, 4) is 0 Å². The topological polar surface area (TPSA) is 41.1 Å². The molecule has 0 aromatic heterocycles. The molecule has 2 rings (SSSR count). The summed E-state index contributed by atoms with van der Waals surface area (Å²) in [5.74, 6) is 0.622. The molecule has 104 valence electrons. The van der Waals surface area contributed by atoms with Crippen LogP contribution in [0.25, 0.3) is 0 Å². The molecule has 19 heavy (non-hydrogen) atoms. The van der Waals surface area contributed by atoms with Gasteiger partial charge in [-0.05, 0) is 35.6 Å². The summed E-state index contributed by atoms with van der Waals surface area (Å²) in [7, 11) is 0. The predicted molar refractivity (Wildman–Crippen MR) is 79.3 cm³/mol. The number of benzene rings is 1. The molecule has 1 aromatic carbocycles. The Morgan fingerprint density at radius 2 is 1.84 bits per heavy atom. The summed E-state index contributed by atoms with van der Waals surface area (Å²) in [6, 6.07) is 8.16. The zero-order chi connectivity index (χ0) is 14.0. The maximum atomic E-state index is 12.2. The first-order valence-corrected chi connectivity index (χ1v) is 7.00. The van der Waals surface area contributed by atoms with Crippen LogP contribution in [0.3, 0.4) is 0 Å². The predicted octanol–water partition coefficient (Wildman–Crippen LogP) is 2.78. The van der Waals surface area contributed by atoms with Gasteiger partial charge in [0.2, 0.25) is 5.91 Å². The molecule has 1 heterocycles. The van der Waals surface area contributed by atoms with Crippen molar-refractivity contribution in [2.45, 2.75) is 33.1 Å². The van der Waals surface area contributed by atoms with Crippen LogP contribution in [0.15, 0.2) is 24.3 Å². The number of carbonyl (C=O) groups is 1. The lowest BCUT2D eigenvalue weighted by molar-refractivity contribution is -0.120. The lowest BCUT2D eigenvalue weighted by atomic mass is 9.87. The number of anilines is 1. The zero-order valence-corrected chi connectivity index (χ0v) is 12.3. The standard InChI is InChI=1S/C16H24N2O/c1-11-9-17-10-14(11)15(19)18-13-7-5-12(6-8-13)16(2,3)4/h5-8,11,14,17H,9-10H2,1-4H3,(H,18,19). The molecular weight excluding hydrogens is 236 g/mol. The van der Waals surface area contributed by atoms with E-state index in [9.17, 15) is 4.79 Å². The molecule has 2 N–H and O–H groups in total. The van der Waals surface area contributed by atoms with E-state index in [1.807, 2.05) is 12.1 Å². The molecule has 1 aliphatic rings. The highest BCUT2D eigenvalue weighted by Crippen LogP contribution is 2.24. The minimum atomic E-state index is 0.0855. The molecule has 3 nitrogen and oxygen atoms in total. The Kier molecular flexibility index (Phi) is 3.95. The fourth-order valence-electron chi connectivity index (χ4n) is 2.45. The second-order valence-corrected chi connectivity index (χ2v) is 6.56. The fraction of sp³-hybridized carbons (Fsp3) is 0.562. The normalized spacial score (nSPS) is 23.4. The van der Waals surface area contributed by atoms with Gasteiger partial charge >= 0.3 is 0 Å². The van der Waals surface area contributed by atoms with Gasteiger partial charge in [0, 0.05) is 12.2 Å². The van der Waals surface area contributed by atoms with Crippen LogP contribution in [0, 0.1) is 11.8 Å². The van der Waals surface area contributed by atoms with E-state index >= 15 is 0 Å². The molecule has 2 atom stereocenters. The monoisotopic (exact) mass is 260 g/mol. The Morgan fingerprint density at radius 1 is 1.21 bits per heavy atom. The summed E-state index contributed by atoms with van der Waals surface area (Å²) in [6.45, 7) is 10.4. The van der Waals surface area contributed by atoms with Crippen LogP contribution < -0.4 is 10.6 Å². The van der Waals surface area contributed by atoms with Crippen molar-refractivity contribution in [1.29, 1.82) is 0 Å². The third-order valence-corrected chi connectivity index (χ3v) is 3.87. The quantitative estimate of drug-likeness (QED) is 0.858. The minimum absolute atomic E-state index is 0.0855. The number of nitrogens with one attached hydrogen (secondary N) is 2. The van der Waals surface area contributed by atoms with Crippen LogP contribution in [-0.4, -0.2) is 19.0 Å². The van der Waals surface area contributed by atoms with Crippen LogP contribution in [0.4, 0.5) is 5.69 Å². The van der Waals surface area contributed by atoms with E-state index in [1.165, 1.54) is 5.56 Å². The molecule has 3 heteroatoms. The highest BCUT2D eigenvalue weighted by atomic mass is 16.1. The van der Waals surface area contributed by atoms with Crippen LogP contribution in [0.2, 0.25) is 0 Å². The summed E-state index contributed by atoms with van der Waals surface area (Å²) in [4.78, 5) is 12.2. The van der Waals surface area contributed by atoms with Gasteiger partial charge in [-0.1, -0.05) is 39.8 Å². The molecule has 2 unspecified atom stereocenters. The van der Waals surface area contributed by atoms with E-state index in [2.05, 4.69) is 50.5 Å². The number of hydrogen-bond donors (Lipinski definition) is 2. The average Bonchev–Trinajstić information content (AvgIpc) is 2.75. The molecule has 1 fully saturated rings. The maximum Gasteiger partial charge on any atom is 0.229 e. The lowest BCUT2D eigenvalue weighted by Crippen LogP contribution is -2.27. The second kappa shape index (κ2) is 5.33. The zero-order valence-electron chi connectivity index (χ0n) is 12.3. The van der Waals surface area contributed by atoms with Crippen molar-refractivity contribution >= 4 is 11.6 Å². The number of carbonyl (C=O) groups excluding carboxylic acids is 1. The lowest BCUT2D eigenvalue weighted by Gasteiger charge is -2.19. The van der Waals surface area contributed by atoms with Crippen LogP contribution >= 0.6 is 0 Å². The summed E-state index contributed by atoms with van der Waals surface area (Å²) < 4.78 is 0. The van der Waals surface area contributed by atoms with Gasteiger partial charge in [-0.3, -0.25) is 4.79 Å². The first-order chi connectivity index (χ1) is 8.88. The number of hydrogen-bond acceptors (Lipinski definition) is 2. The molecular formula is C16H24N2O. The van der Waals surface area contributed by atoms with E-state index in [1.54, 1.807) is 0 Å². The van der Waals surface area contributed by atoms with E-state index in [4.69, 9.17) is 0 Å². The van der Waals surface area contributed by atoms with Crippen molar-refractivity contribution in [3.63, 3.8) is 0 Å². The second-order valence-electron chi connectivity index (χ2n) is 6.56. The number of amides is 1. The molecule has 1 saturated heterocycles. The first-order valence-electron chi connectivity index (χ1n) is 7.00. The third-order valence-electron chi connectivity index (χ3n) is 3.87. The third kappa shape index (κ3) is 3.35. The van der Waals surface area contributed by atoms with Crippen molar-refractivity contribution in [2.75, 3.05) is 18.4 Å². The van der Waals surface area contributed by atoms with E-state index in [0.29, 0.717) is 5.92 Å². The van der Waals surface area contributed by atoms with Gasteiger partial charge in [0.25, 0.3) is 0 Å². The van der Waals surface area contributed by atoms with E-state index < -0.39 is 0 Å². The Labute approximate surface area is 115 Å². The van der Waals surface area contributed by atoms with Crippen LogP contribution in [-0.2, 0) is 10.2 Å². The summed E-state index contributed by atoms with van der Waals surface area (Å²) in [5.41, 5.74) is 2.31. The van der Waals surface area contributed by atoms with E-state index in [0.717, 1.165) is 18.8 Å². The van der Waals surface area contributed by atoms with Crippen LogP contribution in [0.5, 0.6) is 0 Å². The first kappa shape index (κ1) is 14.1. The van der Waals surface area contributed by atoms with Crippen molar-refractivity contribution in [2.24, 2.45) is 11.8 Å². The molecule has 0 saturated carbocycles. The summed E-state index contributed by atoms with van der Waals surface area (Å²) in [5, 5.41) is 6.27. The van der Waals surface area contributed by atoms with Crippen LogP contribution in [0.1, 0.15) is 33.3 Å². The van der Waals surface area contributed by atoms with Crippen molar-refractivity contribution in [1.82, 2.24) is 5.32 Å². The molecule has 1 aliphatic heterocycles. The molecule has 0 bridgehead atoms. The Morgan fingerprint density at radius 3 is 2.32 bits per heavy atom. The summed E-state index contributed by atoms with van der Waals surface area (Å²) in [6.07, 6.45) is 0. The Hall–Kier alpha value is -1.35. The SMILES string of the molecule is CC1CNCC1C(=O)Nc1ccc(C(C)(C)C)cc1. The van der Waals surface area contributed by atoms with Gasteiger partial charge in [-0.2, -0.15) is 0 Å². The van der Waals surface area contributed by atoms with Gasteiger partial charge in [0.15, 0.2) is 0 Å². The van der Waals surface area contributed by atoms with Crippen molar-refractivity contribution in [3.05, 3.63) is 29.8 Å². The highest BCUT2D eigenvalue weighted by Gasteiger charge is 2.29. The van der Waals surface area contributed by atoms with Gasteiger partial charge < -0.3 is 10.6 Å². The van der Waals surface area contributed by atoms with Gasteiger partial charge in [0.1, 0.15) is 0 Å². The highest BCUT2D eigenvalue weighted by molar-refractivity contribution is 5.93. The van der Waals surface area contributed by atoms with Gasteiger partial charge in [0.05, 0.1) is 5.92 Å². The average molecular weight is 260 g/mol. The fourth-order valence-corrected chi connectivity index (χ4v) is 2.45.